The Hall–Kier alpha value is -1.94. The molecule has 0 amide bonds. The highest BCUT2D eigenvalue weighted by Crippen LogP contribution is 2.06. The maximum absolute atomic E-state index is 5.21. The van der Waals surface area contributed by atoms with Crippen LogP contribution in [0.5, 0.6) is 0 Å². The number of aromatic nitrogens is 2. The number of hydrazine groups is 1. The lowest BCUT2D eigenvalue weighted by Gasteiger charge is -2.01. The third kappa shape index (κ3) is 2.77. The molecule has 0 atom stereocenters. The number of nitrogen functional groups attached to an aromatic ring is 1. The van der Waals surface area contributed by atoms with Crippen LogP contribution in [0.15, 0.2) is 42.5 Å². The number of benzene rings is 1. The van der Waals surface area contributed by atoms with Gasteiger partial charge in [0.2, 0.25) is 0 Å². The van der Waals surface area contributed by atoms with Crippen molar-refractivity contribution in [2.24, 2.45) is 5.84 Å². The third-order valence-corrected chi connectivity index (χ3v) is 2.38. The molecule has 3 N–H and O–H groups in total. The number of rotatable bonds is 4. The highest BCUT2D eigenvalue weighted by atomic mass is 15.3. The van der Waals surface area contributed by atoms with Crippen LogP contribution < -0.4 is 11.3 Å². The molecule has 0 aliphatic heterocycles. The van der Waals surface area contributed by atoms with Gasteiger partial charge in [0.05, 0.1) is 5.69 Å². The van der Waals surface area contributed by atoms with Gasteiger partial charge in [-0.1, -0.05) is 30.3 Å². The topological polar surface area (TPSA) is 63.8 Å². The smallest absolute Gasteiger partial charge is 0.162 e. The summed E-state index contributed by atoms with van der Waals surface area (Å²) in [5, 5.41) is 8.00. The van der Waals surface area contributed by atoms with E-state index < -0.39 is 0 Å². The average molecular weight is 214 g/mol. The molecule has 1 aromatic carbocycles. The minimum atomic E-state index is 0.587. The van der Waals surface area contributed by atoms with Gasteiger partial charge in [-0.2, -0.15) is 5.10 Å². The second-order valence-corrected chi connectivity index (χ2v) is 3.54. The first-order chi connectivity index (χ1) is 7.88. The SMILES string of the molecule is NNc1ccc(CCc2ccccc2)nn1. The Bertz CT molecular complexity index is 425. The van der Waals surface area contributed by atoms with Crippen LogP contribution in [0, 0.1) is 0 Å². The van der Waals surface area contributed by atoms with Gasteiger partial charge in [0.25, 0.3) is 0 Å². The maximum atomic E-state index is 5.21. The van der Waals surface area contributed by atoms with Gasteiger partial charge >= 0.3 is 0 Å². The summed E-state index contributed by atoms with van der Waals surface area (Å²) in [6.07, 6.45) is 1.87. The average Bonchev–Trinajstić information content (AvgIpc) is 2.38. The molecule has 0 fully saturated rings. The molecule has 4 nitrogen and oxygen atoms in total. The molecule has 2 rings (SSSR count). The first-order valence-electron chi connectivity index (χ1n) is 5.21. The van der Waals surface area contributed by atoms with Crippen molar-refractivity contribution in [1.29, 1.82) is 0 Å². The van der Waals surface area contributed by atoms with E-state index in [9.17, 15) is 0 Å². The van der Waals surface area contributed by atoms with Gasteiger partial charge in [-0.05, 0) is 30.5 Å². The van der Waals surface area contributed by atoms with Gasteiger partial charge in [0.1, 0.15) is 0 Å². The summed E-state index contributed by atoms with van der Waals surface area (Å²) in [6.45, 7) is 0. The highest BCUT2D eigenvalue weighted by molar-refractivity contribution is 5.31. The molecule has 1 aromatic heterocycles. The second kappa shape index (κ2) is 5.23. The number of hydrogen-bond donors (Lipinski definition) is 2. The van der Waals surface area contributed by atoms with Gasteiger partial charge in [0, 0.05) is 0 Å². The van der Waals surface area contributed by atoms with E-state index in [1.54, 1.807) is 0 Å². The van der Waals surface area contributed by atoms with Crippen molar-refractivity contribution in [2.75, 3.05) is 5.43 Å². The van der Waals surface area contributed by atoms with Crippen LogP contribution in [0.2, 0.25) is 0 Å². The zero-order valence-electron chi connectivity index (χ0n) is 8.93. The molecule has 0 saturated carbocycles. The zero-order valence-corrected chi connectivity index (χ0v) is 8.93. The molecule has 1 heterocycles. The third-order valence-electron chi connectivity index (χ3n) is 2.38. The summed E-state index contributed by atoms with van der Waals surface area (Å²) in [7, 11) is 0. The van der Waals surface area contributed by atoms with Gasteiger partial charge in [-0.25, -0.2) is 5.84 Å². The monoisotopic (exact) mass is 214 g/mol. The van der Waals surface area contributed by atoms with E-state index in [4.69, 9.17) is 5.84 Å². The summed E-state index contributed by atoms with van der Waals surface area (Å²) in [5.74, 6) is 5.80. The van der Waals surface area contributed by atoms with Crippen molar-refractivity contribution in [1.82, 2.24) is 10.2 Å². The summed E-state index contributed by atoms with van der Waals surface area (Å²) < 4.78 is 0. The largest absolute Gasteiger partial charge is 0.307 e. The number of nitrogens with zero attached hydrogens (tertiary/aromatic N) is 2. The maximum Gasteiger partial charge on any atom is 0.162 e. The van der Waals surface area contributed by atoms with Crippen LogP contribution in [0.4, 0.5) is 5.82 Å². The number of anilines is 1. The minimum Gasteiger partial charge on any atom is -0.307 e. The predicted octanol–water partition coefficient (Wildman–Crippen LogP) is 1.55. The summed E-state index contributed by atoms with van der Waals surface area (Å²) in [5.41, 5.74) is 4.74. The predicted molar refractivity (Wildman–Crippen MR) is 63.7 cm³/mol. The lowest BCUT2D eigenvalue weighted by Crippen LogP contribution is -2.09. The van der Waals surface area contributed by atoms with Crippen LogP contribution in [-0.4, -0.2) is 10.2 Å². The van der Waals surface area contributed by atoms with E-state index in [0.29, 0.717) is 5.82 Å². The molecular formula is C12H14N4. The van der Waals surface area contributed by atoms with Gasteiger partial charge < -0.3 is 5.43 Å². The van der Waals surface area contributed by atoms with Crippen molar-refractivity contribution < 1.29 is 0 Å². The van der Waals surface area contributed by atoms with Gasteiger partial charge in [0.15, 0.2) is 5.82 Å². The number of nitrogens with two attached hydrogens (primary N) is 1. The Morgan fingerprint density at radius 1 is 0.938 bits per heavy atom. The van der Waals surface area contributed by atoms with Gasteiger partial charge in [-0.15, -0.1) is 5.10 Å². The molecule has 0 saturated heterocycles. The van der Waals surface area contributed by atoms with E-state index in [1.165, 1.54) is 5.56 Å². The Morgan fingerprint density at radius 2 is 1.75 bits per heavy atom. The Morgan fingerprint density at radius 3 is 2.38 bits per heavy atom. The molecule has 4 heteroatoms. The Labute approximate surface area is 94.5 Å². The van der Waals surface area contributed by atoms with Crippen molar-refractivity contribution in [3.8, 4) is 0 Å². The Balaban J connectivity index is 1.94. The van der Waals surface area contributed by atoms with Crippen LogP contribution in [0.25, 0.3) is 0 Å². The van der Waals surface area contributed by atoms with Crippen LogP contribution in [-0.2, 0) is 12.8 Å². The molecular weight excluding hydrogens is 200 g/mol. The molecule has 0 radical (unpaired) electrons. The molecule has 0 aliphatic carbocycles. The lowest BCUT2D eigenvalue weighted by molar-refractivity contribution is 0.859. The van der Waals surface area contributed by atoms with Crippen LogP contribution in [0.1, 0.15) is 11.3 Å². The molecule has 82 valence electrons. The molecule has 0 unspecified atom stereocenters. The van der Waals surface area contributed by atoms with E-state index in [2.05, 4.69) is 27.8 Å². The second-order valence-electron chi connectivity index (χ2n) is 3.54. The summed E-state index contributed by atoms with van der Waals surface area (Å²) >= 11 is 0. The fourth-order valence-electron chi connectivity index (χ4n) is 1.49. The summed E-state index contributed by atoms with van der Waals surface area (Å²) in [4.78, 5) is 0. The highest BCUT2D eigenvalue weighted by Gasteiger charge is 1.98. The fraction of sp³-hybridized carbons (Fsp3) is 0.167. The molecule has 2 aromatic rings. The lowest BCUT2D eigenvalue weighted by atomic mass is 10.1. The van der Waals surface area contributed by atoms with Crippen molar-refractivity contribution in [2.45, 2.75) is 12.8 Å². The first kappa shape index (κ1) is 10.6. The molecule has 16 heavy (non-hydrogen) atoms. The van der Waals surface area contributed by atoms with Crippen molar-refractivity contribution in [3.05, 3.63) is 53.7 Å². The molecule has 0 bridgehead atoms. The first-order valence-corrected chi connectivity index (χ1v) is 5.21. The fourth-order valence-corrected chi connectivity index (χ4v) is 1.49. The van der Waals surface area contributed by atoms with Crippen molar-refractivity contribution in [3.63, 3.8) is 0 Å². The minimum absolute atomic E-state index is 0.587. The molecule has 0 spiro atoms. The Kier molecular flexibility index (Phi) is 3.46. The zero-order chi connectivity index (χ0) is 11.2. The quantitative estimate of drug-likeness (QED) is 0.598. The van der Waals surface area contributed by atoms with Crippen LogP contribution >= 0.6 is 0 Å². The van der Waals surface area contributed by atoms with E-state index in [0.717, 1.165) is 18.5 Å². The van der Waals surface area contributed by atoms with E-state index in [1.807, 2.05) is 30.3 Å². The number of nitrogens with one attached hydrogen (secondary N) is 1. The van der Waals surface area contributed by atoms with E-state index >= 15 is 0 Å². The molecule has 0 aliphatic rings. The number of hydrogen-bond acceptors (Lipinski definition) is 4. The summed E-state index contributed by atoms with van der Waals surface area (Å²) in [6, 6.07) is 14.1. The number of aryl methyl sites for hydroxylation is 2. The van der Waals surface area contributed by atoms with E-state index in [-0.39, 0.29) is 0 Å². The normalized spacial score (nSPS) is 10.1. The van der Waals surface area contributed by atoms with Crippen molar-refractivity contribution >= 4 is 5.82 Å². The van der Waals surface area contributed by atoms with Crippen LogP contribution in [0.3, 0.4) is 0 Å². The standard InChI is InChI=1S/C12H14N4/c13-14-12-9-8-11(15-16-12)7-6-10-4-2-1-3-5-10/h1-5,8-9H,6-7,13H2,(H,14,16). The van der Waals surface area contributed by atoms with Gasteiger partial charge in [-0.3, -0.25) is 0 Å².